The van der Waals surface area contributed by atoms with Gasteiger partial charge in [0.25, 0.3) is 5.91 Å². The number of halogens is 2. The van der Waals surface area contributed by atoms with E-state index in [2.05, 4.69) is 20.5 Å². The number of carbonyl (C=O) groups is 1. The minimum absolute atomic E-state index is 0.0286. The number of hydrogen-bond donors (Lipinski definition) is 1. The van der Waals surface area contributed by atoms with E-state index in [0.29, 0.717) is 35.2 Å². The molecule has 0 bridgehead atoms. The molecule has 1 aromatic carbocycles. The van der Waals surface area contributed by atoms with Crippen LogP contribution in [0.2, 0.25) is 10.0 Å². The zero-order chi connectivity index (χ0) is 21.1. The molecule has 1 fully saturated rings. The first-order chi connectivity index (χ1) is 14.5. The molecule has 3 aromatic rings. The van der Waals surface area contributed by atoms with E-state index < -0.39 is 0 Å². The molecule has 1 N–H and O–H groups in total. The third kappa shape index (κ3) is 4.71. The Hall–Kier alpha value is -2.70. The van der Waals surface area contributed by atoms with Crippen molar-refractivity contribution < 1.29 is 4.79 Å². The monoisotopic (exact) mass is 441 g/mol. The SMILES string of the molecule is Cc1cc(C(=O)N2CC(CNc3ccc(Cl)cn3)[C@@H](c3ccc(Cl)cc3)C2)cnn1. The average Bonchev–Trinajstić information content (AvgIpc) is 3.17. The van der Waals surface area contributed by atoms with Crippen LogP contribution in [-0.4, -0.2) is 45.6 Å². The number of rotatable bonds is 5. The Balaban J connectivity index is 1.54. The Morgan fingerprint density at radius 3 is 2.57 bits per heavy atom. The molecule has 154 valence electrons. The van der Waals surface area contributed by atoms with E-state index in [4.69, 9.17) is 23.2 Å². The zero-order valence-electron chi connectivity index (χ0n) is 16.4. The summed E-state index contributed by atoms with van der Waals surface area (Å²) < 4.78 is 0. The summed E-state index contributed by atoms with van der Waals surface area (Å²) in [6.07, 6.45) is 3.14. The average molecular weight is 442 g/mol. The lowest BCUT2D eigenvalue weighted by Gasteiger charge is -2.19. The Morgan fingerprint density at radius 2 is 1.87 bits per heavy atom. The highest BCUT2D eigenvalue weighted by Crippen LogP contribution is 2.34. The van der Waals surface area contributed by atoms with Crippen molar-refractivity contribution in [2.75, 3.05) is 25.0 Å². The topological polar surface area (TPSA) is 71.0 Å². The first-order valence-electron chi connectivity index (χ1n) is 9.69. The summed E-state index contributed by atoms with van der Waals surface area (Å²) in [4.78, 5) is 19.3. The van der Waals surface area contributed by atoms with Gasteiger partial charge in [0.05, 0.1) is 22.5 Å². The molecule has 8 heteroatoms. The number of nitrogens with one attached hydrogen (secondary N) is 1. The Kier molecular flexibility index (Phi) is 6.16. The van der Waals surface area contributed by atoms with E-state index in [0.717, 1.165) is 17.1 Å². The Morgan fingerprint density at radius 1 is 1.10 bits per heavy atom. The second-order valence-electron chi connectivity index (χ2n) is 7.46. The van der Waals surface area contributed by atoms with Crippen molar-refractivity contribution in [3.8, 4) is 0 Å². The van der Waals surface area contributed by atoms with E-state index in [-0.39, 0.29) is 17.7 Å². The van der Waals surface area contributed by atoms with Gasteiger partial charge in [0.15, 0.2) is 0 Å². The lowest BCUT2D eigenvalue weighted by atomic mass is 9.89. The predicted molar refractivity (Wildman–Crippen MR) is 118 cm³/mol. The maximum atomic E-state index is 13.1. The number of aryl methyl sites for hydroxylation is 1. The number of pyridine rings is 1. The molecule has 6 nitrogen and oxygen atoms in total. The van der Waals surface area contributed by atoms with Crippen molar-refractivity contribution in [1.82, 2.24) is 20.1 Å². The number of carbonyl (C=O) groups excluding carboxylic acids is 1. The third-order valence-electron chi connectivity index (χ3n) is 5.32. The van der Waals surface area contributed by atoms with Gasteiger partial charge in [-0.1, -0.05) is 35.3 Å². The second-order valence-corrected chi connectivity index (χ2v) is 8.33. The molecule has 0 radical (unpaired) electrons. The summed E-state index contributed by atoms with van der Waals surface area (Å²) in [5.74, 6) is 1.12. The van der Waals surface area contributed by atoms with Gasteiger partial charge in [-0.2, -0.15) is 10.2 Å². The zero-order valence-corrected chi connectivity index (χ0v) is 17.9. The highest BCUT2D eigenvalue weighted by atomic mass is 35.5. The molecular formula is C22H21Cl2N5O. The fraction of sp³-hybridized carbons (Fsp3) is 0.273. The molecule has 0 spiro atoms. The molecule has 0 aliphatic carbocycles. The van der Waals surface area contributed by atoms with Gasteiger partial charge in [-0.05, 0) is 42.8 Å². The first-order valence-corrected chi connectivity index (χ1v) is 10.4. The molecular weight excluding hydrogens is 421 g/mol. The molecule has 2 atom stereocenters. The van der Waals surface area contributed by atoms with Gasteiger partial charge in [0, 0.05) is 42.7 Å². The van der Waals surface area contributed by atoms with Crippen LogP contribution in [-0.2, 0) is 0 Å². The molecule has 2 aromatic heterocycles. The Labute approximate surface area is 185 Å². The van der Waals surface area contributed by atoms with Crippen molar-refractivity contribution in [2.45, 2.75) is 12.8 Å². The molecule has 1 amide bonds. The van der Waals surface area contributed by atoms with Crippen LogP contribution in [0.15, 0.2) is 54.9 Å². The number of anilines is 1. The summed E-state index contributed by atoms with van der Waals surface area (Å²) in [5, 5.41) is 12.5. The summed E-state index contributed by atoms with van der Waals surface area (Å²) in [6, 6.07) is 13.3. The van der Waals surface area contributed by atoms with Crippen molar-refractivity contribution >= 4 is 34.9 Å². The van der Waals surface area contributed by atoms with E-state index in [1.165, 1.54) is 6.20 Å². The normalized spacial score (nSPS) is 18.4. The highest BCUT2D eigenvalue weighted by molar-refractivity contribution is 6.30. The standard InChI is InChI=1S/C22H21Cl2N5O/c1-14-8-16(10-27-28-14)22(30)29-12-17(9-25-21-7-6-19(24)11-26-21)20(13-29)15-2-4-18(23)5-3-15/h2-8,10-11,17,20H,9,12-13H2,1H3,(H,25,26)/t17?,20-/m1/s1. The van der Waals surface area contributed by atoms with Gasteiger partial charge in [-0.15, -0.1) is 0 Å². The van der Waals surface area contributed by atoms with Crippen LogP contribution in [0.1, 0.15) is 27.5 Å². The van der Waals surface area contributed by atoms with Gasteiger partial charge < -0.3 is 10.2 Å². The van der Waals surface area contributed by atoms with E-state index >= 15 is 0 Å². The lowest BCUT2D eigenvalue weighted by Crippen LogP contribution is -2.30. The minimum Gasteiger partial charge on any atom is -0.370 e. The van der Waals surface area contributed by atoms with Crippen molar-refractivity contribution in [3.63, 3.8) is 0 Å². The van der Waals surface area contributed by atoms with Crippen molar-refractivity contribution in [1.29, 1.82) is 0 Å². The van der Waals surface area contributed by atoms with Crippen LogP contribution >= 0.6 is 23.2 Å². The summed E-state index contributed by atoms with van der Waals surface area (Å²) in [6.45, 7) is 3.77. The quantitative estimate of drug-likeness (QED) is 0.632. The molecule has 30 heavy (non-hydrogen) atoms. The van der Waals surface area contributed by atoms with Gasteiger partial charge in [0.2, 0.25) is 0 Å². The van der Waals surface area contributed by atoms with Crippen LogP contribution in [0.5, 0.6) is 0 Å². The van der Waals surface area contributed by atoms with Gasteiger partial charge in [-0.25, -0.2) is 4.98 Å². The number of benzene rings is 1. The second kappa shape index (κ2) is 8.98. The van der Waals surface area contributed by atoms with Gasteiger partial charge in [-0.3, -0.25) is 4.79 Å². The summed E-state index contributed by atoms with van der Waals surface area (Å²) in [5.41, 5.74) is 2.45. The first kappa shape index (κ1) is 20.6. The lowest BCUT2D eigenvalue weighted by molar-refractivity contribution is 0.0786. The molecule has 1 aliphatic heterocycles. The molecule has 0 saturated carbocycles. The van der Waals surface area contributed by atoms with Crippen LogP contribution < -0.4 is 5.32 Å². The number of nitrogens with zero attached hydrogens (tertiary/aromatic N) is 4. The summed E-state index contributed by atoms with van der Waals surface area (Å²) >= 11 is 12.0. The third-order valence-corrected chi connectivity index (χ3v) is 5.80. The number of hydrogen-bond acceptors (Lipinski definition) is 5. The van der Waals surface area contributed by atoms with Gasteiger partial charge in [0.1, 0.15) is 5.82 Å². The van der Waals surface area contributed by atoms with E-state index in [1.54, 1.807) is 18.3 Å². The minimum atomic E-state index is -0.0286. The largest absolute Gasteiger partial charge is 0.370 e. The maximum absolute atomic E-state index is 13.1. The van der Waals surface area contributed by atoms with Crippen molar-refractivity contribution in [3.05, 3.63) is 81.7 Å². The van der Waals surface area contributed by atoms with E-state index in [9.17, 15) is 4.79 Å². The summed E-state index contributed by atoms with van der Waals surface area (Å²) in [7, 11) is 0. The van der Waals surface area contributed by atoms with E-state index in [1.807, 2.05) is 42.2 Å². The molecule has 4 rings (SSSR count). The number of amides is 1. The molecule has 1 aliphatic rings. The van der Waals surface area contributed by atoms with Crippen LogP contribution in [0.25, 0.3) is 0 Å². The smallest absolute Gasteiger partial charge is 0.255 e. The van der Waals surface area contributed by atoms with Crippen molar-refractivity contribution in [2.24, 2.45) is 5.92 Å². The predicted octanol–water partition coefficient (Wildman–Crippen LogP) is 4.45. The fourth-order valence-corrected chi connectivity index (χ4v) is 4.06. The van der Waals surface area contributed by atoms with Crippen LogP contribution in [0.4, 0.5) is 5.82 Å². The molecule has 1 saturated heterocycles. The van der Waals surface area contributed by atoms with Crippen LogP contribution in [0.3, 0.4) is 0 Å². The number of likely N-dealkylation sites (tertiary alicyclic amines) is 1. The maximum Gasteiger partial charge on any atom is 0.255 e. The molecule has 1 unspecified atom stereocenters. The van der Waals surface area contributed by atoms with Crippen LogP contribution in [0, 0.1) is 12.8 Å². The fourth-order valence-electron chi connectivity index (χ4n) is 3.82. The highest BCUT2D eigenvalue weighted by Gasteiger charge is 2.36. The number of aromatic nitrogens is 3. The van der Waals surface area contributed by atoms with Gasteiger partial charge >= 0.3 is 0 Å². The Bertz CT molecular complexity index is 1030. The molecule has 3 heterocycles.